The van der Waals surface area contributed by atoms with Crippen LogP contribution in [0.15, 0.2) is 18.2 Å². The first-order valence-corrected chi connectivity index (χ1v) is 5.66. The summed E-state index contributed by atoms with van der Waals surface area (Å²) in [7, 11) is 0. The Morgan fingerprint density at radius 1 is 1.39 bits per heavy atom. The van der Waals surface area contributed by atoms with Crippen molar-refractivity contribution in [2.75, 3.05) is 18.5 Å². The summed E-state index contributed by atoms with van der Waals surface area (Å²) in [5, 5.41) is 2.65. The number of ether oxygens (including phenoxy) is 1. The molecule has 0 spiro atoms. The number of rotatable bonds is 4. The second kappa shape index (κ2) is 5.80. The summed E-state index contributed by atoms with van der Waals surface area (Å²) >= 11 is 0. The van der Waals surface area contributed by atoms with E-state index in [-0.39, 0.29) is 17.8 Å². The lowest BCUT2D eigenvalue weighted by atomic mass is 10.1. The van der Waals surface area contributed by atoms with Crippen molar-refractivity contribution in [2.24, 2.45) is 0 Å². The summed E-state index contributed by atoms with van der Waals surface area (Å²) in [5.41, 5.74) is -0.204. The van der Waals surface area contributed by atoms with E-state index in [1.807, 2.05) is 0 Å². The predicted octanol–water partition coefficient (Wildman–Crippen LogP) is 3.16. The summed E-state index contributed by atoms with van der Waals surface area (Å²) in [5.74, 6) is -1.06. The van der Waals surface area contributed by atoms with Crippen molar-refractivity contribution in [3.63, 3.8) is 0 Å². The molecule has 1 aromatic rings. The lowest BCUT2D eigenvalue weighted by molar-refractivity contribution is 0.00706. The molecule has 0 bridgehead atoms. The first-order chi connectivity index (χ1) is 8.33. The van der Waals surface area contributed by atoms with Gasteiger partial charge in [0.25, 0.3) is 0 Å². The van der Waals surface area contributed by atoms with Crippen molar-refractivity contribution < 1.29 is 18.3 Å². The Morgan fingerprint density at radius 3 is 2.61 bits per heavy atom. The molecular formula is C13H17F2NO2. The molecule has 0 atom stereocenters. The molecule has 3 nitrogen and oxygen atoms in total. The van der Waals surface area contributed by atoms with Gasteiger partial charge in [0.15, 0.2) is 0 Å². The minimum Gasteiger partial charge on any atom is -0.456 e. The summed E-state index contributed by atoms with van der Waals surface area (Å²) < 4.78 is 30.4. The molecule has 0 amide bonds. The average Bonchev–Trinajstić information content (AvgIpc) is 2.23. The first kappa shape index (κ1) is 14.4. The quantitative estimate of drug-likeness (QED) is 0.842. The highest BCUT2D eigenvalue weighted by atomic mass is 19.1. The van der Waals surface area contributed by atoms with Gasteiger partial charge in [-0.1, -0.05) is 0 Å². The van der Waals surface area contributed by atoms with E-state index in [1.165, 1.54) is 12.1 Å². The van der Waals surface area contributed by atoms with Crippen LogP contribution >= 0.6 is 0 Å². The Labute approximate surface area is 105 Å². The molecule has 1 rings (SSSR count). The van der Waals surface area contributed by atoms with Crippen LogP contribution in [0.25, 0.3) is 0 Å². The predicted molar refractivity (Wildman–Crippen MR) is 66.0 cm³/mol. The Balaban J connectivity index is 2.96. The van der Waals surface area contributed by atoms with Crippen molar-refractivity contribution in [1.82, 2.24) is 0 Å². The zero-order valence-electron chi connectivity index (χ0n) is 10.7. The van der Waals surface area contributed by atoms with Gasteiger partial charge in [0.05, 0.1) is 11.3 Å². The number of hydrogen-bond acceptors (Lipinski definition) is 3. The highest BCUT2D eigenvalue weighted by molar-refractivity contribution is 5.95. The molecule has 1 N–H and O–H groups in total. The van der Waals surface area contributed by atoms with Crippen LogP contribution in [0.3, 0.4) is 0 Å². The molecular weight excluding hydrogens is 240 g/mol. The molecule has 0 fully saturated rings. The van der Waals surface area contributed by atoms with Gasteiger partial charge in [-0.05, 0) is 39.0 Å². The van der Waals surface area contributed by atoms with Gasteiger partial charge in [0.1, 0.15) is 18.1 Å². The maximum absolute atomic E-state index is 13.1. The van der Waals surface area contributed by atoms with Crippen molar-refractivity contribution in [3.05, 3.63) is 29.6 Å². The van der Waals surface area contributed by atoms with Gasteiger partial charge < -0.3 is 10.1 Å². The van der Waals surface area contributed by atoms with E-state index in [4.69, 9.17) is 4.74 Å². The minimum absolute atomic E-state index is 0.0131. The number of alkyl halides is 1. The number of nitrogens with one attached hydrogen (secondary N) is 1. The summed E-state index contributed by atoms with van der Waals surface area (Å²) in [6, 6.07) is 3.64. The monoisotopic (exact) mass is 257 g/mol. The molecule has 0 saturated heterocycles. The van der Waals surface area contributed by atoms with E-state index < -0.39 is 24.1 Å². The molecule has 0 radical (unpaired) electrons. The zero-order valence-corrected chi connectivity index (χ0v) is 10.7. The van der Waals surface area contributed by atoms with Crippen LogP contribution in [0.1, 0.15) is 31.1 Å². The second-order valence-electron chi connectivity index (χ2n) is 4.81. The molecule has 1 aromatic carbocycles. The third kappa shape index (κ3) is 4.31. The van der Waals surface area contributed by atoms with Crippen molar-refractivity contribution >= 4 is 11.7 Å². The van der Waals surface area contributed by atoms with Crippen LogP contribution in [-0.2, 0) is 4.74 Å². The normalized spacial score (nSPS) is 11.2. The maximum Gasteiger partial charge on any atom is 0.340 e. The van der Waals surface area contributed by atoms with Gasteiger partial charge in [-0.15, -0.1) is 0 Å². The Hall–Kier alpha value is -1.65. The van der Waals surface area contributed by atoms with E-state index in [1.54, 1.807) is 20.8 Å². The van der Waals surface area contributed by atoms with Gasteiger partial charge in [-0.2, -0.15) is 0 Å². The van der Waals surface area contributed by atoms with Gasteiger partial charge in [-0.25, -0.2) is 13.6 Å². The number of hydrogen-bond donors (Lipinski definition) is 1. The third-order valence-electron chi connectivity index (χ3n) is 2.01. The van der Waals surface area contributed by atoms with Crippen molar-refractivity contribution in [3.8, 4) is 0 Å². The number of carbonyl (C=O) groups excluding carboxylic acids is 1. The number of halogens is 2. The first-order valence-electron chi connectivity index (χ1n) is 5.66. The van der Waals surface area contributed by atoms with Crippen LogP contribution in [-0.4, -0.2) is 24.8 Å². The van der Waals surface area contributed by atoms with E-state index in [0.717, 1.165) is 6.07 Å². The fourth-order valence-electron chi connectivity index (χ4n) is 1.36. The van der Waals surface area contributed by atoms with Crippen LogP contribution in [0.5, 0.6) is 0 Å². The summed E-state index contributed by atoms with van der Waals surface area (Å²) in [4.78, 5) is 11.9. The lowest BCUT2D eigenvalue weighted by Crippen LogP contribution is -2.24. The molecule has 0 unspecified atom stereocenters. The molecule has 100 valence electrons. The fourth-order valence-corrected chi connectivity index (χ4v) is 1.36. The van der Waals surface area contributed by atoms with Crippen molar-refractivity contribution in [2.45, 2.75) is 26.4 Å². The van der Waals surface area contributed by atoms with Gasteiger partial charge >= 0.3 is 5.97 Å². The van der Waals surface area contributed by atoms with Crippen LogP contribution in [0.4, 0.5) is 14.5 Å². The molecule has 18 heavy (non-hydrogen) atoms. The maximum atomic E-state index is 13.1. The molecule has 5 heteroatoms. The molecule has 0 heterocycles. The number of esters is 1. The van der Waals surface area contributed by atoms with E-state index in [0.29, 0.717) is 0 Å². The minimum atomic E-state index is -0.636. The Kier molecular flexibility index (Phi) is 4.64. The summed E-state index contributed by atoms with van der Waals surface area (Å²) in [6.07, 6.45) is 0. The Bertz CT molecular complexity index is 427. The zero-order chi connectivity index (χ0) is 13.8. The van der Waals surface area contributed by atoms with E-state index >= 15 is 0 Å². The molecule has 0 aliphatic rings. The van der Waals surface area contributed by atoms with Crippen LogP contribution in [0.2, 0.25) is 0 Å². The van der Waals surface area contributed by atoms with E-state index in [2.05, 4.69) is 5.32 Å². The number of benzene rings is 1. The largest absolute Gasteiger partial charge is 0.456 e. The molecule has 0 aromatic heterocycles. The second-order valence-corrected chi connectivity index (χ2v) is 4.81. The van der Waals surface area contributed by atoms with Crippen LogP contribution < -0.4 is 5.32 Å². The fraction of sp³-hybridized carbons (Fsp3) is 0.462. The van der Waals surface area contributed by atoms with Gasteiger partial charge in [-0.3, -0.25) is 0 Å². The third-order valence-corrected chi connectivity index (χ3v) is 2.01. The van der Waals surface area contributed by atoms with E-state index in [9.17, 15) is 13.6 Å². The number of anilines is 1. The molecule has 0 aliphatic heterocycles. The standard InChI is InChI=1S/C13H17F2NO2/c1-13(2,3)18-12(17)10-5-4-9(15)8-11(10)16-7-6-14/h4-5,8,16H,6-7H2,1-3H3. The van der Waals surface area contributed by atoms with Crippen LogP contribution in [0, 0.1) is 5.82 Å². The van der Waals surface area contributed by atoms with Gasteiger partial charge in [0.2, 0.25) is 0 Å². The Morgan fingerprint density at radius 2 is 2.06 bits per heavy atom. The molecule has 0 saturated carbocycles. The summed E-state index contributed by atoms with van der Waals surface area (Å²) in [6.45, 7) is 4.62. The smallest absolute Gasteiger partial charge is 0.340 e. The van der Waals surface area contributed by atoms with Gasteiger partial charge in [0, 0.05) is 6.54 Å². The number of carbonyl (C=O) groups is 1. The van der Waals surface area contributed by atoms with Crippen molar-refractivity contribution in [1.29, 1.82) is 0 Å². The highest BCUT2D eigenvalue weighted by Crippen LogP contribution is 2.20. The highest BCUT2D eigenvalue weighted by Gasteiger charge is 2.20. The SMILES string of the molecule is CC(C)(C)OC(=O)c1ccc(F)cc1NCCF. The lowest BCUT2D eigenvalue weighted by Gasteiger charge is -2.20. The topological polar surface area (TPSA) is 38.3 Å². The average molecular weight is 257 g/mol. The molecule has 0 aliphatic carbocycles.